The Labute approximate surface area is 62.9 Å². The third-order valence-electron chi connectivity index (χ3n) is 1.48. The van der Waals surface area contributed by atoms with Gasteiger partial charge in [-0.25, -0.2) is 0 Å². The molecule has 0 aromatic carbocycles. The van der Waals surface area contributed by atoms with Crippen LogP contribution in [0.3, 0.4) is 0 Å². The van der Waals surface area contributed by atoms with E-state index in [1.54, 1.807) is 0 Å². The van der Waals surface area contributed by atoms with Crippen LogP contribution < -0.4 is 0 Å². The van der Waals surface area contributed by atoms with Crippen molar-refractivity contribution in [3.63, 3.8) is 0 Å². The lowest BCUT2D eigenvalue weighted by molar-refractivity contribution is 0.166. The number of hydrogen-bond donors (Lipinski definition) is 1. The first-order valence-corrected chi connectivity index (χ1v) is 3.66. The summed E-state index contributed by atoms with van der Waals surface area (Å²) in [5.74, 6) is 0. The van der Waals surface area contributed by atoms with Gasteiger partial charge in [-0.3, -0.25) is 0 Å². The molecule has 2 nitrogen and oxygen atoms in total. The number of halogens is 1. The zero-order valence-electron chi connectivity index (χ0n) is 4.51. The van der Waals surface area contributed by atoms with E-state index in [1.807, 2.05) is 23.0 Å². The number of aliphatic hydroxyl groups is 1. The Morgan fingerprint density at radius 2 is 2.25 bits per heavy atom. The Morgan fingerprint density at radius 1 is 1.50 bits per heavy atom. The topological polar surface area (TPSA) is 29.5 Å². The molecule has 0 aromatic rings. The van der Waals surface area contributed by atoms with E-state index < -0.39 is 0 Å². The van der Waals surface area contributed by atoms with Gasteiger partial charge in [-0.05, 0) is 12.8 Å². The molecule has 3 heteroatoms. The number of aliphatic hydroxyl groups excluding tert-OH is 1. The normalized spacial score (nSPS) is 38.2. The van der Waals surface area contributed by atoms with Crippen molar-refractivity contribution in [3.05, 3.63) is 0 Å². The Bertz CT molecular complexity index is 76.8. The van der Waals surface area contributed by atoms with Crippen LogP contribution in [0.25, 0.3) is 0 Å². The van der Waals surface area contributed by atoms with E-state index in [9.17, 15) is 0 Å². The van der Waals surface area contributed by atoms with E-state index in [0.29, 0.717) is 6.10 Å². The van der Waals surface area contributed by atoms with Crippen molar-refractivity contribution in [1.82, 2.24) is 0 Å². The van der Waals surface area contributed by atoms with E-state index in [4.69, 9.17) is 8.17 Å². The molecule has 1 N–H and O–H groups in total. The van der Waals surface area contributed by atoms with Crippen molar-refractivity contribution < 1.29 is 8.17 Å². The lowest BCUT2D eigenvalue weighted by Gasteiger charge is -2.01. The molecule has 0 heterocycles. The zero-order valence-corrected chi connectivity index (χ0v) is 6.67. The predicted molar refractivity (Wildman–Crippen MR) is 38.8 cm³/mol. The molecule has 0 radical (unpaired) electrons. The van der Waals surface area contributed by atoms with E-state index in [1.165, 1.54) is 0 Å². The van der Waals surface area contributed by atoms with Crippen LogP contribution in [0.4, 0.5) is 0 Å². The van der Waals surface area contributed by atoms with Crippen LogP contribution in [0, 0.1) is 0 Å². The molecular weight excluding hydrogens is 219 g/mol. The summed E-state index contributed by atoms with van der Waals surface area (Å²) >= 11 is 1.89. The molecule has 0 spiro atoms. The molecule has 0 aromatic heterocycles. The Kier molecular flexibility index (Phi) is 2.52. The largest absolute Gasteiger partial charge is 0.393 e. The minimum Gasteiger partial charge on any atom is -0.393 e. The van der Waals surface area contributed by atoms with Gasteiger partial charge in [0.25, 0.3) is 0 Å². The van der Waals surface area contributed by atoms with E-state index in [-0.39, 0.29) is 6.10 Å². The summed E-state index contributed by atoms with van der Waals surface area (Å²) in [5.41, 5.74) is 0. The van der Waals surface area contributed by atoms with Gasteiger partial charge >= 0.3 is 0 Å². The first-order chi connectivity index (χ1) is 3.83. The van der Waals surface area contributed by atoms with Gasteiger partial charge in [-0.15, -0.1) is 0 Å². The maximum absolute atomic E-state index is 8.95. The highest BCUT2D eigenvalue weighted by Gasteiger charge is 2.22. The molecule has 1 fully saturated rings. The summed E-state index contributed by atoms with van der Waals surface area (Å²) < 4.78 is 4.99. The van der Waals surface area contributed by atoms with Gasteiger partial charge in [-0.1, -0.05) is 0 Å². The SMILES string of the molecule is OC1CCC(OI)C1. The second kappa shape index (κ2) is 2.98. The van der Waals surface area contributed by atoms with Gasteiger partial charge in [-0.2, -0.15) is 0 Å². The molecule has 0 aliphatic heterocycles. The second-order valence-electron chi connectivity index (χ2n) is 2.18. The van der Waals surface area contributed by atoms with Crippen LogP contribution in [0.15, 0.2) is 0 Å². The summed E-state index contributed by atoms with van der Waals surface area (Å²) in [4.78, 5) is 0. The van der Waals surface area contributed by atoms with Crippen molar-refractivity contribution >= 4 is 23.0 Å². The van der Waals surface area contributed by atoms with E-state index in [0.717, 1.165) is 19.3 Å². The van der Waals surface area contributed by atoms with Gasteiger partial charge in [0.2, 0.25) is 0 Å². The van der Waals surface area contributed by atoms with Crippen molar-refractivity contribution in [3.8, 4) is 0 Å². The van der Waals surface area contributed by atoms with Gasteiger partial charge < -0.3 is 8.17 Å². The highest BCUT2D eigenvalue weighted by molar-refractivity contribution is 14.1. The van der Waals surface area contributed by atoms with Crippen molar-refractivity contribution in [1.29, 1.82) is 0 Å². The quantitative estimate of drug-likeness (QED) is 0.684. The minimum atomic E-state index is -0.102. The Hall–Kier alpha value is 0.650. The van der Waals surface area contributed by atoms with Crippen LogP contribution in [0.2, 0.25) is 0 Å². The molecule has 1 rings (SSSR count). The van der Waals surface area contributed by atoms with Crippen LogP contribution in [0.5, 0.6) is 0 Å². The van der Waals surface area contributed by atoms with Crippen LogP contribution in [-0.2, 0) is 3.07 Å². The van der Waals surface area contributed by atoms with Gasteiger partial charge in [0.1, 0.15) is 23.0 Å². The average molecular weight is 228 g/mol. The van der Waals surface area contributed by atoms with E-state index >= 15 is 0 Å². The zero-order chi connectivity index (χ0) is 5.98. The summed E-state index contributed by atoms with van der Waals surface area (Å²) in [5, 5.41) is 8.95. The maximum Gasteiger partial charge on any atom is 0.110 e. The molecule has 0 saturated heterocycles. The fourth-order valence-corrected chi connectivity index (χ4v) is 1.46. The first-order valence-electron chi connectivity index (χ1n) is 2.78. The first kappa shape index (κ1) is 6.77. The third-order valence-corrected chi connectivity index (χ3v) is 2.20. The molecule has 0 amide bonds. The van der Waals surface area contributed by atoms with Gasteiger partial charge in [0.15, 0.2) is 0 Å². The third kappa shape index (κ3) is 1.56. The van der Waals surface area contributed by atoms with Crippen molar-refractivity contribution in [2.75, 3.05) is 0 Å². The fourth-order valence-electron chi connectivity index (χ4n) is 0.998. The Balaban J connectivity index is 2.22. The van der Waals surface area contributed by atoms with Crippen molar-refractivity contribution in [2.24, 2.45) is 0 Å². The molecule has 48 valence electrons. The standard InChI is InChI=1S/C5H9IO2/c6-8-5-2-1-4(7)3-5/h4-5,7H,1-3H2. The smallest absolute Gasteiger partial charge is 0.110 e. The molecule has 2 atom stereocenters. The summed E-state index contributed by atoms with van der Waals surface area (Å²) in [7, 11) is 0. The van der Waals surface area contributed by atoms with Gasteiger partial charge in [0, 0.05) is 6.42 Å². The van der Waals surface area contributed by atoms with Gasteiger partial charge in [0.05, 0.1) is 12.2 Å². The summed E-state index contributed by atoms with van der Waals surface area (Å²) in [6.07, 6.45) is 2.96. The molecule has 1 aliphatic rings. The molecule has 8 heavy (non-hydrogen) atoms. The summed E-state index contributed by atoms with van der Waals surface area (Å²) in [6, 6.07) is 0. The summed E-state index contributed by atoms with van der Waals surface area (Å²) in [6.45, 7) is 0. The lowest BCUT2D eigenvalue weighted by atomic mass is 10.3. The monoisotopic (exact) mass is 228 g/mol. The highest BCUT2D eigenvalue weighted by Crippen LogP contribution is 2.22. The van der Waals surface area contributed by atoms with Crippen molar-refractivity contribution in [2.45, 2.75) is 31.5 Å². The fraction of sp³-hybridized carbons (Fsp3) is 1.00. The molecular formula is C5H9IO2. The lowest BCUT2D eigenvalue weighted by Crippen LogP contribution is -2.03. The van der Waals surface area contributed by atoms with Crippen LogP contribution in [-0.4, -0.2) is 17.3 Å². The molecule has 1 aliphatic carbocycles. The minimum absolute atomic E-state index is 0.102. The van der Waals surface area contributed by atoms with Crippen LogP contribution >= 0.6 is 23.0 Å². The second-order valence-corrected chi connectivity index (χ2v) is 2.69. The highest BCUT2D eigenvalue weighted by atomic mass is 127. The number of rotatable bonds is 1. The molecule has 0 bridgehead atoms. The Morgan fingerprint density at radius 3 is 2.50 bits per heavy atom. The van der Waals surface area contributed by atoms with Crippen LogP contribution in [0.1, 0.15) is 19.3 Å². The predicted octanol–water partition coefficient (Wildman–Crippen LogP) is 1.27. The molecule has 1 saturated carbocycles. The number of hydrogen-bond acceptors (Lipinski definition) is 2. The molecule has 2 unspecified atom stereocenters. The maximum atomic E-state index is 8.95. The van der Waals surface area contributed by atoms with E-state index in [2.05, 4.69) is 0 Å². The average Bonchev–Trinajstić information content (AvgIpc) is 2.14.